The number of hydrogen-bond acceptors (Lipinski definition) is 2. The summed E-state index contributed by atoms with van der Waals surface area (Å²) in [6, 6.07) is 18.8. The Labute approximate surface area is 102 Å². The van der Waals surface area contributed by atoms with E-state index in [-0.39, 0.29) is 6.04 Å². The van der Waals surface area contributed by atoms with E-state index in [1.807, 2.05) is 18.2 Å². The van der Waals surface area contributed by atoms with Crippen LogP contribution in [0.15, 0.2) is 54.6 Å². The molecular formula is C15H18N2. The van der Waals surface area contributed by atoms with Gasteiger partial charge in [-0.3, -0.25) is 0 Å². The molecule has 0 aliphatic rings. The van der Waals surface area contributed by atoms with Crippen molar-refractivity contribution in [3.63, 3.8) is 0 Å². The summed E-state index contributed by atoms with van der Waals surface area (Å²) >= 11 is 0. The maximum atomic E-state index is 6.01. The van der Waals surface area contributed by atoms with Crippen molar-refractivity contribution in [2.75, 3.05) is 6.54 Å². The highest BCUT2D eigenvalue weighted by atomic mass is 14.7. The Balaban J connectivity index is 2.19. The Morgan fingerprint density at radius 1 is 0.824 bits per heavy atom. The Bertz CT molecular complexity index is 448. The van der Waals surface area contributed by atoms with Crippen LogP contribution in [0.25, 0.3) is 11.1 Å². The quantitative estimate of drug-likeness (QED) is 0.842. The second-order valence-electron chi connectivity index (χ2n) is 4.17. The summed E-state index contributed by atoms with van der Waals surface area (Å²) in [6.07, 6.45) is 0.824. The molecule has 0 aromatic heterocycles. The molecule has 2 aromatic rings. The van der Waals surface area contributed by atoms with Crippen LogP contribution in [0.5, 0.6) is 0 Å². The van der Waals surface area contributed by atoms with Crippen molar-refractivity contribution in [1.82, 2.24) is 0 Å². The molecule has 1 unspecified atom stereocenters. The van der Waals surface area contributed by atoms with Gasteiger partial charge in [0.25, 0.3) is 0 Å². The molecule has 4 N–H and O–H groups in total. The number of benzene rings is 2. The molecule has 0 saturated carbocycles. The van der Waals surface area contributed by atoms with Crippen molar-refractivity contribution in [2.45, 2.75) is 12.5 Å². The van der Waals surface area contributed by atoms with E-state index in [2.05, 4.69) is 36.4 Å². The molecule has 17 heavy (non-hydrogen) atoms. The largest absolute Gasteiger partial charge is 0.330 e. The standard InChI is InChI=1S/C15H18N2/c16-11-10-15(17)14-8-6-13(7-9-14)12-4-2-1-3-5-12/h1-9,15H,10-11,16-17H2. The number of hydrogen-bond donors (Lipinski definition) is 2. The van der Waals surface area contributed by atoms with Crippen LogP contribution in [0, 0.1) is 0 Å². The summed E-state index contributed by atoms with van der Waals surface area (Å²) in [7, 11) is 0. The van der Waals surface area contributed by atoms with Crippen LogP contribution in [0.3, 0.4) is 0 Å². The molecule has 0 aliphatic heterocycles. The lowest BCUT2D eigenvalue weighted by Gasteiger charge is -2.11. The van der Waals surface area contributed by atoms with Gasteiger partial charge in [-0.25, -0.2) is 0 Å². The minimum atomic E-state index is 0.0461. The van der Waals surface area contributed by atoms with Gasteiger partial charge in [0.1, 0.15) is 0 Å². The molecule has 2 nitrogen and oxygen atoms in total. The van der Waals surface area contributed by atoms with E-state index in [0.29, 0.717) is 6.54 Å². The molecule has 2 heteroatoms. The minimum absolute atomic E-state index is 0.0461. The van der Waals surface area contributed by atoms with Crippen LogP contribution in [0.1, 0.15) is 18.0 Å². The van der Waals surface area contributed by atoms with Crippen molar-refractivity contribution >= 4 is 0 Å². The first-order chi connectivity index (χ1) is 8.31. The fourth-order valence-electron chi connectivity index (χ4n) is 1.90. The molecule has 2 rings (SSSR count). The molecule has 0 bridgehead atoms. The zero-order valence-corrected chi connectivity index (χ0v) is 9.84. The normalized spacial score (nSPS) is 12.4. The zero-order valence-electron chi connectivity index (χ0n) is 9.84. The van der Waals surface area contributed by atoms with Crippen molar-refractivity contribution in [3.05, 3.63) is 60.2 Å². The highest BCUT2D eigenvalue weighted by Gasteiger charge is 2.04. The lowest BCUT2D eigenvalue weighted by atomic mass is 10.00. The van der Waals surface area contributed by atoms with Crippen molar-refractivity contribution in [2.24, 2.45) is 11.5 Å². The fourth-order valence-corrected chi connectivity index (χ4v) is 1.90. The second-order valence-corrected chi connectivity index (χ2v) is 4.17. The first-order valence-corrected chi connectivity index (χ1v) is 5.92. The van der Waals surface area contributed by atoms with Gasteiger partial charge in [-0.1, -0.05) is 54.6 Å². The molecule has 88 valence electrons. The SMILES string of the molecule is NCCC(N)c1ccc(-c2ccccc2)cc1. The summed E-state index contributed by atoms with van der Waals surface area (Å²) in [5.74, 6) is 0. The maximum Gasteiger partial charge on any atom is 0.0306 e. The molecular weight excluding hydrogens is 208 g/mol. The number of rotatable bonds is 4. The third kappa shape index (κ3) is 2.93. The summed E-state index contributed by atoms with van der Waals surface area (Å²) in [5, 5.41) is 0. The van der Waals surface area contributed by atoms with E-state index in [1.165, 1.54) is 11.1 Å². The average molecular weight is 226 g/mol. The lowest BCUT2D eigenvalue weighted by Crippen LogP contribution is -2.15. The van der Waals surface area contributed by atoms with Crippen LogP contribution >= 0.6 is 0 Å². The van der Waals surface area contributed by atoms with Gasteiger partial charge in [0.2, 0.25) is 0 Å². The van der Waals surface area contributed by atoms with Crippen LogP contribution in [-0.4, -0.2) is 6.54 Å². The molecule has 0 spiro atoms. The van der Waals surface area contributed by atoms with E-state index in [1.54, 1.807) is 0 Å². The topological polar surface area (TPSA) is 52.0 Å². The highest BCUT2D eigenvalue weighted by molar-refractivity contribution is 5.63. The maximum absolute atomic E-state index is 6.01. The second kappa shape index (κ2) is 5.62. The molecule has 0 heterocycles. The predicted molar refractivity (Wildman–Crippen MR) is 72.5 cm³/mol. The van der Waals surface area contributed by atoms with Gasteiger partial charge >= 0.3 is 0 Å². The first kappa shape index (κ1) is 11.8. The van der Waals surface area contributed by atoms with Gasteiger partial charge in [-0.15, -0.1) is 0 Å². The fraction of sp³-hybridized carbons (Fsp3) is 0.200. The third-order valence-corrected chi connectivity index (χ3v) is 2.92. The third-order valence-electron chi connectivity index (χ3n) is 2.92. The van der Waals surface area contributed by atoms with Gasteiger partial charge in [0, 0.05) is 6.04 Å². The summed E-state index contributed by atoms with van der Waals surface area (Å²) < 4.78 is 0. The van der Waals surface area contributed by atoms with Crippen molar-refractivity contribution in [1.29, 1.82) is 0 Å². The highest BCUT2D eigenvalue weighted by Crippen LogP contribution is 2.21. The van der Waals surface area contributed by atoms with E-state index in [9.17, 15) is 0 Å². The van der Waals surface area contributed by atoms with Gasteiger partial charge in [-0.2, -0.15) is 0 Å². The monoisotopic (exact) mass is 226 g/mol. The van der Waals surface area contributed by atoms with E-state index in [0.717, 1.165) is 12.0 Å². The molecule has 0 saturated heterocycles. The smallest absolute Gasteiger partial charge is 0.0306 e. The Hall–Kier alpha value is -1.64. The number of nitrogens with two attached hydrogens (primary N) is 2. The van der Waals surface area contributed by atoms with E-state index in [4.69, 9.17) is 11.5 Å². The molecule has 1 atom stereocenters. The van der Waals surface area contributed by atoms with Crippen LogP contribution in [0.2, 0.25) is 0 Å². The Morgan fingerprint density at radius 3 is 2.00 bits per heavy atom. The summed E-state index contributed by atoms with van der Waals surface area (Å²) in [5.41, 5.74) is 15.1. The van der Waals surface area contributed by atoms with Gasteiger partial charge in [0.05, 0.1) is 0 Å². The molecule has 2 aromatic carbocycles. The summed E-state index contributed by atoms with van der Waals surface area (Å²) in [6.45, 7) is 0.627. The lowest BCUT2D eigenvalue weighted by molar-refractivity contribution is 0.661. The van der Waals surface area contributed by atoms with E-state index >= 15 is 0 Å². The minimum Gasteiger partial charge on any atom is -0.330 e. The summed E-state index contributed by atoms with van der Waals surface area (Å²) in [4.78, 5) is 0. The molecule has 0 aliphatic carbocycles. The van der Waals surface area contributed by atoms with Crippen LogP contribution < -0.4 is 11.5 Å². The van der Waals surface area contributed by atoms with Crippen LogP contribution in [-0.2, 0) is 0 Å². The van der Waals surface area contributed by atoms with Crippen LogP contribution in [0.4, 0.5) is 0 Å². The predicted octanol–water partition coefficient (Wildman–Crippen LogP) is 2.70. The van der Waals surface area contributed by atoms with Crippen molar-refractivity contribution < 1.29 is 0 Å². The first-order valence-electron chi connectivity index (χ1n) is 5.92. The average Bonchev–Trinajstić information content (AvgIpc) is 2.40. The van der Waals surface area contributed by atoms with Crippen molar-refractivity contribution in [3.8, 4) is 11.1 Å². The molecule has 0 radical (unpaired) electrons. The van der Waals surface area contributed by atoms with Gasteiger partial charge in [-0.05, 0) is 29.7 Å². The Morgan fingerprint density at radius 2 is 1.41 bits per heavy atom. The van der Waals surface area contributed by atoms with Gasteiger partial charge in [0.15, 0.2) is 0 Å². The van der Waals surface area contributed by atoms with Gasteiger partial charge < -0.3 is 11.5 Å². The molecule has 0 fully saturated rings. The zero-order chi connectivity index (χ0) is 12.1. The van der Waals surface area contributed by atoms with E-state index < -0.39 is 0 Å². The Kier molecular flexibility index (Phi) is 3.91. The molecule has 0 amide bonds.